The molecule has 5 heteroatoms. The summed E-state index contributed by atoms with van der Waals surface area (Å²) in [5.74, 6) is 0.127. The SMILES string of the molecule is CN1CCN(C(=O)COC2CCCC(N)C2)CC1. The Morgan fingerprint density at radius 3 is 2.67 bits per heavy atom. The van der Waals surface area contributed by atoms with Gasteiger partial charge in [0.15, 0.2) is 0 Å². The number of nitrogens with zero attached hydrogens (tertiary/aromatic N) is 2. The summed E-state index contributed by atoms with van der Waals surface area (Å²) in [6.07, 6.45) is 4.34. The van der Waals surface area contributed by atoms with Crippen LogP contribution in [-0.4, -0.2) is 67.7 Å². The summed E-state index contributed by atoms with van der Waals surface area (Å²) in [4.78, 5) is 16.1. The first-order valence-electron chi connectivity index (χ1n) is 6.98. The van der Waals surface area contributed by atoms with E-state index in [4.69, 9.17) is 10.5 Å². The van der Waals surface area contributed by atoms with Gasteiger partial charge in [-0.25, -0.2) is 0 Å². The van der Waals surface area contributed by atoms with Crippen LogP contribution >= 0.6 is 0 Å². The molecule has 2 unspecified atom stereocenters. The summed E-state index contributed by atoms with van der Waals surface area (Å²) in [6.45, 7) is 3.78. The lowest BCUT2D eigenvalue weighted by atomic mass is 9.94. The highest BCUT2D eigenvalue weighted by molar-refractivity contribution is 5.77. The Balaban J connectivity index is 1.68. The molecule has 1 aliphatic heterocycles. The van der Waals surface area contributed by atoms with E-state index in [-0.39, 0.29) is 24.7 Å². The van der Waals surface area contributed by atoms with Gasteiger partial charge in [-0.3, -0.25) is 4.79 Å². The third kappa shape index (κ3) is 3.93. The Morgan fingerprint density at radius 1 is 1.28 bits per heavy atom. The third-order valence-electron chi connectivity index (χ3n) is 3.97. The van der Waals surface area contributed by atoms with Crippen molar-refractivity contribution in [3.8, 4) is 0 Å². The molecule has 0 aromatic rings. The van der Waals surface area contributed by atoms with Crippen LogP contribution in [0.4, 0.5) is 0 Å². The Morgan fingerprint density at radius 2 is 2.00 bits per heavy atom. The highest BCUT2D eigenvalue weighted by atomic mass is 16.5. The molecular formula is C13H25N3O2. The van der Waals surface area contributed by atoms with Gasteiger partial charge >= 0.3 is 0 Å². The van der Waals surface area contributed by atoms with Gasteiger partial charge in [0.2, 0.25) is 5.91 Å². The second kappa shape index (κ2) is 6.50. The fraction of sp³-hybridized carbons (Fsp3) is 0.923. The molecule has 1 saturated heterocycles. The molecule has 2 atom stereocenters. The van der Waals surface area contributed by atoms with Crippen molar-refractivity contribution in [2.45, 2.75) is 37.8 Å². The van der Waals surface area contributed by atoms with Gasteiger partial charge in [0.25, 0.3) is 0 Å². The molecule has 0 aromatic heterocycles. The van der Waals surface area contributed by atoms with Gasteiger partial charge in [0, 0.05) is 32.2 Å². The van der Waals surface area contributed by atoms with Crippen LogP contribution in [0.5, 0.6) is 0 Å². The van der Waals surface area contributed by atoms with Gasteiger partial charge in [0.05, 0.1) is 6.10 Å². The standard InChI is InChI=1S/C13H25N3O2/c1-15-5-7-16(8-6-15)13(17)10-18-12-4-2-3-11(14)9-12/h11-12H,2-10,14H2,1H3. The molecule has 5 nitrogen and oxygen atoms in total. The van der Waals surface area contributed by atoms with E-state index in [2.05, 4.69) is 11.9 Å². The number of hydrogen-bond donors (Lipinski definition) is 1. The Bertz CT molecular complexity index is 277. The lowest BCUT2D eigenvalue weighted by Gasteiger charge is -2.33. The molecule has 2 rings (SSSR count). The summed E-state index contributed by atoms with van der Waals surface area (Å²) in [6, 6.07) is 0.252. The number of rotatable bonds is 3. The fourth-order valence-corrected chi connectivity index (χ4v) is 2.67. The number of piperazine rings is 1. The maximum Gasteiger partial charge on any atom is 0.248 e. The molecule has 1 amide bonds. The minimum Gasteiger partial charge on any atom is -0.368 e. The van der Waals surface area contributed by atoms with Gasteiger partial charge in [-0.2, -0.15) is 0 Å². The molecule has 104 valence electrons. The number of amides is 1. The van der Waals surface area contributed by atoms with Crippen LogP contribution in [0.1, 0.15) is 25.7 Å². The van der Waals surface area contributed by atoms with Crippen molar-refractivity contribution in [2.75, 3.05) is 39.8 Å². The maximum absolute atomic E-state index is 12.0. The molecule has 0 spiro atoms. The molecular weight excluding hydrogens is 230 g/mol. The number of nitrogens with two attached hydrogens (primary N) is 1. The first kappa shape index (κ1) is 13.8. The second-order valence-corrected chi connectivity index (χ2v) is 5.54. The number of ether oxygens (including phenoxy) is 1. The monoisotopic (exact) mass is 255 g/mol. The normalized spacial score (nSPS) is 30.4. The van der Waals surface area contributed by atoms with E-state index < -0.39 is 0 Å². The third-order valence-corrected chi connectivity index (χ3v) is 3.97. The Hall–Kier alpha value is -0.650. The predicted octanol–water partition coefficient (Wildman–Crippen LogP) is 0.0469. The molecule has 1 heterocycles. The quantitative estimate of drug-likeness (QED) is 0.774. The molecule has 1 aliphatic carbocycles. The van der Waals surface area contributed by atoms with Crippen molar-refractivity contribution in [1.29, 1.82) is 0 Å². The molecule has 2 N–H and O–H groups in total. The van der Waals surface area contributed by atoms with Crippen molar-refractivity contribution >= 4 is 5.91 Å². The number of carbonyl (C=O) groups excluding carboxylic acids is 1. The Kier molecular flexibility index (Phi) is 4.97. The lowest BCUT2D eigenvalue weighted by Crippen LogP contribution is -2.48. The van der Waals surface area contributed by atoms with E-state index in [0.717, 1.165) is 51.9 Å². The van der Waals surface area contributed by atoms with Gasteiger partial charge in [-0.05, 0) is 32.7 Å². The van der Waals surface area contributed by atoms with Crippen LogP contribution < -0.4 is 5.73 Å². The number of likely N-dealkylation sites (N-methyl/N-ethyl adjacent to an activating group) is 1. The first-order chi connectivity index (χ1) is 8.65. The Labute approximate surface area is 109 Å². The predicted molar refractivity (Wildman–Crippen MR) is 70.3 cm³/mol. The summed E-state index contributed by atoms with van der Waals surface area (Å²) in [5.41, 5.74) is 5.91. The van der Waals surface area contributed by atoms with Crippen LogP contribution in [-0.2, 0) is 9.53 Å². The van der Waals surface area contributed by atoms with Crippen molar-refractivity contribution in [3.05, 3.63) is 0 Å². The largest absolute Gasteiger partial charge is 0.368 e. The van der Waals surface area contributed by atoms with Crippen LogP contribution in [0.2, 0.25) is 0 Å². The van der Waals surface area contributed by atoms with E-state index in [1.165, 1.54) is 0 Å². The number of hydrogen-bond acceptors (Lipinski definition) is 4. The minimum atomic E-state index is 0.127. The van der Waals surface area contributed by atoms with Crippen LogP contribution in [0, 0.1) is 0 Å². The molecule has 18 heavy (non-hydrogen) atoms. The zero-order valence-corrected chi connectivity index (χ0v) is 11.3. The first-order valence-corrected chi connectivity index (χ1v) is 6.98. The summed E-state index contributed by atoms with van der Waals surface area (Å²) in [7, 11) is 2.09. The summed E-state index contributed by atoms with van der Waals surface area (Å²) >= 11 is 0. The highest BCUT2D eigenvalue weighted by Crippen LogP contribution is 2.19. The van der Waals surface area contributed by atoms with Crippen LogP contribution in [0.15, 0.2) is 0 Å². The second-order valence-electron chi connectivity index (χ2n) is 5.54. The van der Waals surface area contributed by atoms with Gasteiger partial charge < -0.3 is 20.3 Å². The smallest absolute Gasteiger partial charge is 0.248 e. The van der Waals surface area contributed by atoms with Crippen LogP contribution in [0.3, 0.4) is 0 Å². The van der Waals surface area contributed by atoms with Crippen molar-refractivity contribution in [3.63, 3.8) is 0 Å². The average molecular weight is 255 g/mol. The van der Waals surface area contributed by atoms with Crippen molar-refractivity contribution < 1.29 is 9.53 Å². The van der Waals surface area contributed by atoms with Crippen LogP contribution in [0.25, 0.3) is 0 Å². The molecule has 2 fully saturated rings. The van der Waals surface area contributed by atoms with Gasteiger partial charge in [-0.15, -0.1) is 0 Å². The van der Waals surface area contributed by atoms with Gasteiger partial charge in [-0.1, -0.05) is 0 Å². The van der Waals surface area contributed by atoms with E-state index in [1.807, 2.05) is 4.90 Å². The summed E-state index contributed by atoms with van der Waals surface area (Å²) in [5, 5.41) is 0. The molecule has 0 bridgehead atoms. The summed E-state index contributed by atoms with van der Waals surface area (Å²) < 4.78 is 5.71. The van der Waals surface area contributed by atoms with E-state index in [0.29, 0.717) is 0 Å². The van der Waals surface area contributed by atoms with Crippen molar-refractivity contribution in [1.82, 2.24) is 9.80 Å². The molecule has 0 radical (unpaired) electrons. The van der Waals surface area contributed by atoms with E-state index >= 15 is 0 Å². The lowest BCUT2D eigenvalue weighted by molar-refractivity contribution is -0.140. The zero-order chi connectivity index (χ0) is 13.0. The minimum absolute atomic E-state index is 0.127. The van der Waals surface area contributed by atoms with Gasteiger partial charge in [0.1, 0.15) is 6.61 Å². The maximum atomic E-state index is 12.0. The molecule has 0 aromatic carbocycles. The topological polar surface area (TPSA) is 58.8 Å². The molecule has 1 saturated carbocycles. The van der Waals surface area contributed by atoms with E-state index in [1.54, 1.807) is 0 Å². The number of carbonyl (C=O) groups is 1. The molecule has 2 aliphatic rings. The zero-order valence-electron chi connectivity index (χ0n) is 11.3. The highest BCUT2D eigenvalue weighted by Gasteiger charge is 2.23. The van der Waals surface area contributed by atoms with E-state index in [9.17, 15) is 4.79 Å². The fourth-order valence-electron chi connectivity index (χ4n) is 2.67. The van der Waals surface area contributed by atoms with Crippen molar-refractivity contribution in [2.24, 2.45) is 5.73 Å². The average Bonchev–Trinajstić information content (AvgIpc) is 2.37.